The smallest absolute Gasteiger partial charge is 0.150 e. The van der Waals surface area contributed by atoms with Gasteiger partial charge in [0.05, 0.1) is 22.9 Å². The van der Waals surface area contributed by atoms with Gasteiger partial charge in [0.25, 0.3) is 0 Å². The number of thioether (sulfide) groups is 1. The Hall–Kier alpha value is -2.30. The maximum absolute atomic E-state index is 14.5. The molecule has 2 aromatic rings. The van der Waals surface area contributed by atoms with Crippen LogP contribution in [-0.2, 0) is 7.05 Å². The van der Waals surface area contributed by atoms with Gasteiger partial charge in [-0.25, -0.2) is 8.78 Å². The Balaban J connectivity index is 1.73. The van der Waals surface area contributed by atoms with Crippen molar-refractivity contribution in [3.8, 4) is 0 Å². The number of anilines is 2. The zero-order valence-electron chi connectivity index (χ0n) is 16.0. The largest absolute Gasteiger partial charge is 0.392 e. The molecule has 2 aliphatic rings. The zero-order valence-corrected chi connectivity index (χ0v) is 16.8. The highest BCUT2D eigenvalue weighted by Gasteiger charge is 2.35. The van der Waals surface area contributed by atoms with E-state index in [1.165, 1.54) is 30.0 Å². The van der Waals surface area contributed by atoms with Crippen LogP contribution < -0.4 is 21.3 Å². The monoisotopic (exact) mass is 422 g/mol. The van der Waals surface area contributed by atoms with E-state index in [-0.39, 0.29) is 11.6 Å². The molecule has 1 aromatic carbocycles. The summed E-state index contributed by atoms with van der Waals surface area (Å²) in [7, 11) is 1.81. The van der Waals surface area contributed by atoms with Gasteiger partial charge in [-0.15, -0.1) is 0 Å². The Morgan fingerprint density at radius 2 is 1.90 bits per heavy atom. The average Bonchev–Trinajstić information content (AvgIpc) is 3.19. The van der Waals surface area contributed by atoms with Gasteiger partial charge in [-0.2, -0.15) is 5.10 Å². The molecular formula is C19H24F2N6OS. The lowest BCUT2D eigenvalue weighted by Crippen LogP contribution is -2.34. The van der Waals surface area contributed by atoms with Crippen LogP contribution >= 0.6 is 11.8 Å². The molecule has 1 aromatic heterocycles. The van der Waals surface area contributed by atoms with E-state index in [1.807, 2.05) is 7.05 Å². The van der Waals surface area contributed by atoms with Crippen LogP contribution in [0.15, 0.2) is 35.6 Å². The first-order valence-corrected chi connectivity index (χ1v) is 10.3. The summed E-state index contributed by atoms with van der Waals surface area (Å²) in [6.07, 6.45) is 3.95. The predicted octanol–water partition coefficient (Wildman–Crippen LogP) is 2.00. The molecule has 29 heavy (non-hydrogen) atoms. The minimum absolute atomic E-state index is 0.0442. The molecule has 5 N–H and O–H groups in total. The minimum Gasteiger partial charge on any atom is -0.392 e. The van der Waals surface area contributed by atoms with Gasteiger partial charge in [0.1, 0.15) is 22.7 Å². The third-order valence-corrected chi connectivity index (χ3v) is 6.46. The molecule has 1 fully saturated rings. The van der Waals surface area contributed by atoms with Crippen molar-refractivity contribution in [2.75, 3.05) is 22.9 Å². The molecule has 0 saturated carbocycles. The zero-order chi connectivity index (χ0) is 20.7. The van der Waals surface area contributed by atoms with E-state index in [2.05, 4.69) is 10.00 Å². The lowest BCUT2D eigenvalue weighted by molar-refractivity contribution is 0.141. The topological polar surface area (TPSA) is 96.6 Å². The minimum atomic E-state index is -0.682. The summed E-state index contributed by atoms with van der Waals surface area (Å²) in [5.74, 6) is -0.450. The highest BCUT2D eigenvalue weighted by atomic mass is 32.2. The first-order valence-electron chi connectivity index (χ1n) is 9.43. The summed E-state index contributed by atoms with van der Waals surface area (Å²) >= 11 is 1.19. The van der Waals surface area contributed by atoms with Crippen molar-refractivity contribution in [3.63, 3.8) is 0 Å². The maximum Gasteiger partial charge on any atom is 0.150 e. The molecule has 0 bridgehead atoms. The van der Waals surface area contributed by atoms with Gasteiger partial charge >= 0.3 is 0 Å². The van der Waals surface area contributed by atoms with E-state index in [0.717, 1.165) is 5.82 Å². The van der Waals surface area contributed by atoms with Crippen LogP contribution in [0.4, 0.5) is 20.3 Å². The molecular weight excluding hydrogens is 398 g/mol. The number of aryl methyl sites for hydroxylation is 1. The highest BCUT2D eigenvalue weighted by molar-refractivity contribution is 8.03. The van der Waals surface area contributed by atoms with Crippen LogP contribution in [0.25, 0.3) is 0 Å². The summed E-state index contributed by atoms with van der Waals surface area (Å²) in [6, 6.07) is 3.55. The van der Waals surface area contributed by atoms with Crippen molar-refractivity contribution in [2.45, 2.75) is 30.4 Å². The molecule has 7 nitrogen and oxygen atoms in total. The fourth-order valence-electron chi connectivity index (χ4n) is 3.85. The Labute approximate surface area is 171 Å². The number of hydrogen-bond acceptors (Lipinski definition) is 7. The highest BCUT2D eigenvalue weighted by Crippen LogP contribution is 2.48. The van der Waals surface area contributed by atoms with Crippen molar-refractivity contribution in [1.29, 1.82) is 0 Å². The van der Waals surface area contributed by atoms with Gasteiger partial charge in [0.15, 0.2) is 5.82 Å². The molecule has 3 unspecified atom stereocenters. The average molecular weight is 423 g/mol. The van der Waals surface area contributed by atoms with Gasteiger partial charge in [-0.3, -0.25) is 4.68 Å². The third-order valence-electron chi connectivity index (χ3n) is 5.40. The van der Waals surface area contributed by atoms with Crippen molar-refractivity contribution >= 4 is 23.3 Å². The van der Waals surface area contributed by atoms with Gasteiger partial charge in [-0.1, -0.05) is 17.8 Å². The number of halogens is 2. The number of hydrogen-bond donors (Lipinski definition) is 3. The second-order valence-electron chi connectivity index (χ2n) is 7.32. The van der Waals surface area contributed by atoms with Crippen LogP contribution in [0.1, 0.15) is 23.8 Å². The quantitative estimate of drug-likeness (QED) is 0.696. The molecule has 2 aliphatic heterocycles. The number of aliphatic hydroxyl groups excluding tert-OH is 1. The molecule has 0 aliphatic carbocycles. The number of benzene rings is 1. The van der Waals surface area contributed by atoms with Gasteiger partial charge in [-0.05, 0) is 25.0 Å². The van der Waals surface area contributed by atoms with Crippen LogP contribution in [-0.4, -0.2) is 40.1 Å². The summed E-state index contributed by atoms with van der Waals surface area (Å²) < 4.78 is 30.7. The molecule has 4 rings (SSSR count). The lowest BCUT2D eigenvalue weighted by Gasteiger charge is -2.29. The maximum atomic E-state index is 14.5. The van der Waals surface area contributed by atoms with Crippen LogP contribution in [0.3, 0.4) is 0 Å². The van der Waals surface area contributed by atoms with Gasteiger partial charge < -0.3 is 26.4 Å². The SMILES string of the molecule is Cn1ncc(N2C=C(N)SC2c2c(F)cccc2F)c1N1CCC(N)C(O)CC1. The number of rotatable bonds is 3. The summed E-state index contributed by atoms with van der Waals surface area (Å²) in [5.41, 5.74) is 12.7. The number of nitrogens with two attached hydrogens (primary N) is 2. The predicted molar refractivity (Wildman–Crippen MR) is 110 cm³/mol. The Bertz CT molecular complexity index is 903. The van der Waals surface area contributed by atoms with E-state index in [9.17, 15) is 13.9 Å². The van der Waals surface area contributed by atoms with Gasteiger partial charge in [0, 0.05) is 32.4 Å². The second-order valence-corrected chi connectivity index (χ2v) is 8.47. The normalized spacial score (nSPS) is 25.3. The number of aromatic nitrogens is 2. The summed E-state index contributed by atoms with van der Waals surface area (Å²) in [6.45, 7) is 1.24. The lowest BCUT2D eigenvalue weighted by atomic mass is 10.1. The van der Waals surface area contributed by atoms with Gasteiger partial charge in [0.2, 0.25) is 0 Å². The molecule has 0 spiro atoms. The van der Waals surface area contributed by atoms with Crippen LogP contribution in [0.5, 0.6) is 0 Å². The summed E-state index contributed by atoms with van der Waals surface area (Å²) in [4.78, 5) is 3.85. The summed E-state index contributed by atoms with van der Waals surface area (Å²) in [5, 5.41) is 14.3. The first kappa shape index (κ1) is 20.0. The van der Waals surface area contributed by atoms with E-state index >= 15 is 0 Å². The molecule has 0 radical (unpaired) electrons. The van der Waals surface area contributed by atoms with Crippen LogP contribution in [0, 0.1) is 11.6 Å². The van der Waals surface area contributed by atoms with Crippen molar-refractivity contribution < 1.29 is 13.9 Å². The van der Waals surface area contributed by atoms with Crippen LogP contribution in [0.2, 0.25) is 0 Å². The first-order chi connectivity index (χ1) is 13.9. The third kappa shape index (κ3) is 3.67. The van der Waals surface area contributed by atoms with E-state index in [4.69, 9.17) is 11.5 Å². The fraction of sp³-hybridized carbons (Fsp3) is 0.421. The number of aliphatic hydroxyl groups is 1. The molecule has 10 heteroatoms. The standard InChI is InChI=1S/C19H24F2N6OS/c1-25-18(26-7-5-13(22)15(28)6-8-26)14(9-24-25)27-10-16(23)29-19(27)17-11(20)3-2-4-12(17)21/h2-4,9-10,13,15,19,28H,5-8,22-23H2,1H3. The molecule has 3 atom stereocenters. The van der Waals surface area contributed by atoms with Crippen molar-refractivity contribution in [1.82, 2.24) is 9.78 Å². The Kier molecular flexibility index (Phi) is 5.41. The molecule has 1 saturated heterocycles. The second kappa shape index (κ2) is 7.85. The van der Waals surface area contributed by atoms with E-state index in [0.29, 0.717) is 36.6 Å². The number of nitrogens with zero attached hydrogens (tertiary/aromatic N) is 4. The molecule has 0 amide bonds. The molecule has 3 heterocycles. The Morgan fingerprint density at radius 3 is 2.62 bits per heavy atom. The van der Waals surface area contributed by atoms with Crippen molar-refractivity contribution in [3.05, 3.63) is 52.8 Å². The Morgan fingerprint density at radius 1 is 1.21 bits per heavy atom. The fourth-order valence-corrected chi connectivity index (χ4v) is 4.92. The molecule has 156 valence electrons. The van der Waals surface area contributed by atoms with E-state index in [1.54, 1.807) is 22.0 Å². The van der Waals surface area contributed by atoms with E-state index < -0.39 is 23.1 Å². The van der Waals surface area contributed by atoms with Crippen molar-refractivity contribution in [2.24, 2.45) is 18.5 Å².